The normalized spacial score (nSPS) is 11.1. The number of hydrogen-bond acceptors (Lipinski definition) is 3. The minimum Gasteiger partial charge on any atom is -0.364 e. The van der Waals surface area contributed by atoms with E-state index < -0.39 is 5.91 Å². The molecule has 0 fully saturated rings. The average Bonchev–Trinajstić information content (AvgIpc) is 2.59. The number of hydrogen-bond donors (Lipinski definition) is 1. The summed E-state index contributed by atoms with van der Waals surface area (Å²) >= 11 is 0. The fourth-order valence-electron chi connectivity index (χ4n) is 1.56. The van der Waals surface area contributed by atoms with Crippen molar-refractivity contribution in [3.8, 4) is 0 Å². The maximum absolute atomic E-state index is 11.1. The van der Waals surface area contributed by atoms with Crippen LogP contribution in [-0.4, -0.2) is 20.3 Å². The van der Waals surface area contributed by atoms with Gasteiger partial charge in [0.15, 0.2) is 11.3 Å². The number of fused-ring (bicyclic) bond motifs is 1. The predicted molar refractivity (Wildman–Crippen MR) is 55.6 cm³/mol. The van der Waals surface area contributed by atoms with Gasteiger partial charge in [0.2, 0.25) is 0 Å². The molecule has 1 amide bonds. The highest BCUT2D eigenvalue weighted by molar-refractivity contribution is 5.96. The Morgan fingerprint density at radius 2 is 2.20 bits per heavy atom. The van der Waals surface area contributed by atoms with Gasteiger partial charge in [0.1, 0.15) is 6.33 Å². The molecule has 0 atom stereocenters. The third-order valence-corrected chi connectivity index (χ3v) is 2.29. The maximum Gasteiger partial charge on any atom is 0.271 e. The van der Waals surface area contributed by atoms with Crippen molar-refractivity contribution in [1.82, 2.24) is 14.4 Å². The van der Waals surface area contributed by atoms with Crippen molar-refractivity contribution in [2.24, 2.45) is 5.73 Å². The molecule has 5 heteroatoms. The second kappa shape index (κ2) is 3.34. The van der Waals surface area contributed by atoms with E-state index in [1.807, 2.05) is 6.07 Å². The van der Waals surface area contributed by atoms with Crippen LogP contribution in [0.2, 0.25) is 0 Å². The number of aromatic nitrogens is 3. The molecule has 2 rings (SSSR count). The van der Waals surface area contributed by atoms with Gasteiger partial charge in [0, 0.05) is 11.9 Å². The molecule has 0 bridgehead atoms. The number of nitrogens with zero attached hydrogens (tertiary/aromatic N) is 3. The zero-order chi connectivity index (χ0) is 11.0. The lowest BCUT2D eigenvalue weighted by Gasteiger charge is -2.07. The molecule has 0 unspecified atom stereocenters. The zero-order valence-corrected chi connectivity index (χ0v) is 8.64. The van der Waals surface area contributed by atoms with E-state index in [0.717, 1.165) is 5.69 Å². The third kappa shape index (κ3) is 1.45. The maximum atomic E-state index is 11.1. The van der Waals surface area contributed by atoms with Gasteiger partial charge in [-0.2, -0.15) is 0 Å². The minimum atomic E-state index is -0.550. The van der Waals surface area contributed by atoms with Gasteiger partial charge < -0.3 is 5.73 Å². The summed E-state index contributed by atoms with van der Waals surface area (Å²) in [5, 5.41) is 0. The summed E-state index contributed by atoms with van der Waals surface area (Å²) in [4.78, 5) is 19.1. The van der Waals surface area contributed by atoms with Crippen LogP contribution in [0.25, 0.3) is 5.65 Å². The molecule has 0 spiro atoms. The second-order valence-electron chi connectivity index (χ2n) is 3.68. The second-order valence-corrected chi connectivity index (χ2v) is 3.68. The Bertz CT molecular complexity index is 515. The lowest BCUT2D eigenvalue weighted by Crippen LogP contribution is -2.12. The third-order valence-electron chi connectivity index (χ3n) is 2.29. The van der Waals surface area contributed by atoms with Crippen molar-refractivity contribution in [3.05, 3.63) is 30.0 Å². The first-order valence-electron chi connectivity index (χ1n) is 4.73. The van der Waals surface area contributed by atoms with Gasteiger partial charge in [-0.3, -0.25) is 9.20 Å². The van der Waals surface area contributed by atoms with E-state index >= 15 is 0 Å². The summed E-state index contributed by atoms with van der Waals surface area (Å²) in [7, 11) is 0. The summed E-state index contributed by atoms with van der Waals surface area (Å²) in [5.41, 5.74) is 6.99. The van der Waals surface area contributed by atoms with Crippen LogP contribution in [0.15, 0.2) is 18.6 Å². The highest BCUT2D eigenvalue weighted by Gasteiger charge is 2.13. The van der Waals surface area contributed by atoms with E-state index in [0.29, 0.717) is 11.6 Å². The molecular formula is C10H12N4O. The average molecular weight is 204 g/mol. The van der Waals surface area contributed by atoms with Crippen LogP contribution in [-0.2, 0) is 0 Å². The highest BCUT2D eigenvalue weighted by atomic mass is 16.1. The molecule has 5 nitrogen and oxygen atoms in total. The van der Waals surface area contributed by atoms with Crippen molar-refractivity contribution in [2.75, 3.05) is 0 Å². The fraction of sp³-hybridized carbons (Fsp3) is 0.300. The Morgan fingerprint density at radius 3 is 2.80 bits per heavy atom. The van der Waals surface area contributed by atoms with E-state index in [1.54, 1.807) is 16.9 Å². The van der Waals surface area contributed by atoms with Crippen molar-refractivity contribution in [3.63, 3.8) is 0 Å². The number of rotatable bonds is 2. The predicted octanol–water partition coefficient (Wildman–Crippen LogP) is 0.952. The summed E-state index contributed by atoms with van der Waals surface area (Å²) in [6, 6.07) is 1.91. The van der Waals surface area contributed by atoms with Crippen LogP contribution in [0.1, 0.15) is 35.9 Å². The van der Waals surface area contributed by atoms with Gasteiger partial charge >= 0.3 is 0 Å². The van der Waals surface area contributed by atoms with E-state index in [2.05, 4.69) is 23.8 Å². The Morgan fingerprint density at radius 1 is 1.47 bits per heavy atom. The van der Waals surface area contributed by atoms with Crippen molar-refractivity contribution < 1.29 is 4.79 Å². The molecule has 0 saturated heterocycles. The first kappa shape index (κ1) is 9.64. The van der Waals surface area contributed by atoms with Crippen LogP contribution in [0, 0.1) is 0 Å². The SMILES string of the molecule is CC(C)c1ccnc2c(C(N)=O)ncn12. The molecular weight excluding hydrogens is 192 g/mol. The molecule has 0 aliphatic carbocycles. The first-order chi connectivity index (χ1) is 7.11. The van der Waals surface area contributed by atoms with Crippen molar-refractivity contribution >= 4 is 11.6 Å². The molecule has 0 saturated carbocycles. The van der Waals surface area contributed by atoms with Crippen molar-refractivity contribution in [1.29, 1.82) is 0 Å². The van der Waals surface area contributed by atoms with Crippen LogP contribution in [0.4, 0.5) is 0 Å². The first-order valence-corrected chi connectivity index (χ1v) is 4.73. The van der Waals surface area contributed by atoms with Crippen LogP contribution >= 0.6 is 0 Å². The van der Waals surface area contributed by atoms with Crippen LogP contribution in [0.3, 0.4) is 0 Å². The highest BCUT2D eigenvalue weighted by Crippen LogP contribution is 2.16. The monoisotopic (exact) mass is 204 g/mol. The number of carbonyl (C=O) groups excluding carboxylic acids is 1. The number of amides is 1. The number of nitrogens with two attached hydrogens (primary N) is 1. The molecule has 0 aliphatic heterocycles. The summed E-state index contributed by atoms with van der Waals surface area (Å²) in [6.07, 6.45) is 3.25. The smallest absolute Gasteiger partial charge is 0.271 e. The largest absolute Gasteiger partial charge is 0.364 e. The van der Waals surface area contributed by atoms with Crippen molar-refractivity contribution in [2.45, 2.75) is 19.8 Å². The molecule has 2 aromatic heterocycles. The molecule has 15 heavy (non-hydrogen) atoms. The lowest BCUT2D eigenvalue weighted by molar-refractivity contribution is 0.0997. The van der Waals surface area contributed by atoms with Gasteiger partial charge in [-0.15, -0.1) is 0 Å². The van der Waals surface area contributed by atoms with Gasteiger partial charge in [-0.25, -0.2) is 9.97 Å². The molecule has 0 aromatic carbocycles. The van der Waals surface area contributed by atoms with E-state index in [-0.39, 0.29) is 5.69 Å². The Hall–Kier alpha value is -1.91. The van der Waals surface area contributed by atoms with Gasteiger partial charge in [-0.1, -0.05) is 13.8 Å². The number of imidazole rings is 1. The zero-order valence-electron chi connectivity index (χ0n) is 8.64. The topological polar surface area (TPSA) is 73.3 Å². The molecule has 0 radical (unpaired) electrons. The molecule has 2 N–H and O–H groups in total. The Labute approximate surface area is 87.0 Å². The molecule has 2 heterocycles. The minimum absolute atomic E-state index is 0.220. The molecule has 78 valence electrons. The Balaban J connectivity index is 2.74. The quantitative estimate of drug-likeness (QED) is 0.791. The lowest BCUT2D eigenvalue weighted by atomic mass is 10.1. The van der Waals surface area contributed by atoms with Gasteiger partial charge in [0.25, 0.3) is 5.91 Å². The van der Waals surface area contributed by atoms with E-state index in [1.165, 1.54) is 0 Å². The van der Waals surface area contributed by atoms with Crippen LogP contribution < -0.4 is 5.73 Å². The van der Waals surface area contributed by atoms with Gasteiger partial charge in [-0.05, 0) is 12.0 Å². The van der Waals surface area contributed by atoms with E-state index in [4.69, 9.17) is 5.73 Å². The number of carbonyl (C=O) groups is 1. The number of primary amides is 1. The van der Waals surface area contributed by atoms with Crippen LogP contribution in [0.5, 0.6) is 0 Å². The fourth-order valence-corrected chi connectivity index (χ4v) is 1.56. The summed E-state index contributed by atoms with van der Waals surface area (Å²) in [5.74, 6) is -0.212. The summed E-state index contributed by atoms with van der Waals surface area (Å²) < 4.78 is 1.80. The van der Waals surface area contributed by atoms with E-state index in [9.17, 15) is 4.79 Å². The molecule has 0 aliphatic rings. The molecule has 2 aromatic rings. The standard InChI is InChI=1S/C10H12N4O/c1-6(2)7-3-4-12-10-8(9(11)15)13-5-14(7)10/h3-6H,1-2H3,(H2,11,15). The summed E-state index contributed by atoms with van der Waals surface area (Å²) in [6.45, 7) is 4.14. The Kier molecular flexibility index (Phi) is 2.15. The van der Waals surface area contributed by atoms with Gasteiger partial charge in [0.05, 0.1) is 0 Å².